The second-order valence-corrected chi connectivity index (χ2v) is 10.7. The summed E-state index contributed by atoms with van der Waals surface area (Å²) in [5.41, 5.74) is 9.01. The summed E-state index contributed by atoms with van der Waals surface area (Å²) in [7, 11) is -1.98. The van der Waals surface area contributed by atoms with Crippen molar-refractivity contribution in [3.63, 3.8) is 0 Å². The Morgan fingerprint density at radius 1 is 0.972 bits per heavy atom. The minimum absolute atomic E-state index is 0.183. The highest BCUT2D eigenvalue weighted by atomic mass is 32.2. The Morgan fingerprint density at radius 3 is 2.33 bits per heavy atom. The van der Waals surface area contributed by atoms with Crippen molar-refractivity contribution in [1.82, 2.24) is 14.9 Å². The van der Waals surface area contributed by atoms with Crippen LogP contribution >= 0.6 is 0 Å². The maximum Gasteiger partial charge on any atom is 0.416 e. The lowest BCUT2D eigenvalue weighted by Crippen LogP contribution is -2.45. The number of nitrogen functional groups attached to an aromatic ring is 1. The topological polar surface area (TPSA) is 104 Å². The summed E-state index contributed by atoms with van der Waals surface area (Å²) in [6, 6.07) is 8.52. The molecule has 2 heterocycles. The molecule has 1 aliphatic carbocycles. The summed E-state index contributed by atoms with van der Waals surface area (Å²) in [6.07, 6.45) is -3.20. The number of aryl methyl sites for hydroxylation is 1. The maximum atomic E-state index is 12.8. The molecule has 0 spiro atoms. The van der Waals surface area contributed by atoms with E-state index in [0.717, 1.165) is 78.6 Å². The molecular weight excluding hydrogens is 493 g/mol. The zero-order valence-corrected chi connectivity index (χ0v) is 20.3. The van der Waals surface area contributed by atoms with Crippen LogP contribution in [0.2, 0.25) is 0 Å². The Kier molecular flexibility index (Phi) is 6.03. The highest BCUT2D eigenvalue weighted by molar-refractivity contribution is 7.92. The Labute approximate surface area is 207 Å². The van der Waals surface area contributed by atoms with Gasteiger partial charge in [-0.25, -0.2) is 13.4 Å². The Balaban J connectivity index is 1.42. The number of hydrogen-bond acceptors (Lipinski definition) is 7. The van der Waals surface area contributed by atoms with E-state index in [2.05, 4.69) is 31.5 Å². The number of anilines is 3. The fourth-order valence-corrected chi connectivity index (χ4v) is 5.66. The van der Waals surface area contributed by atoms with E-state index in [0.29, 0.717) is 18.5 Å². The van der Waals surface area contributed by atoms with E-state index in [1.807, 2.05) is 0 Å². The van der Waals surface area contributed by atoms with Crippen molar-refractivity contribution < 1.29 is 21.6 Å². The van der Waals surface area contributed by atoms with Crippen LogP contribution in [0.3, 0.4) is 0 Å². The molecule has 190 valence electrons. The molecule has 1 aliphatic heterocycles. The lowest BCUT2D eigenvalue weighted by Gasteiger charge is -2.35. The van der Waals surface area contributed by atoms with Crippen molar-refractivity contribution in [2.75, 3.05) is 48.6 Å². The number of piperazine rings is 1. The molecule has 0 bridgehead atoms. The van der Waals surface area contributed by atoms with Crippen LogP contribution in [0.1, 0.15) is 16.7 Å². The van der Waals surface area contributed by atoms with Crippen LogP contribution in [0.15, 0.2) is 47.4 Å². The first kappa shape index (κ1) is 24.3. The number of fused-ring (bicyclic) bond motifs is 3. The van der Waals surface area contributed by atoms with E-state index in [1.165, 1.54) is 0 Å². The van der Waals surface area contributed by atoms with E-state index in [9.17, 15) is 21.6 Å². The van der Waals surface area contributed by atoms with Crippen LogP contribution in [0.4, 0.5) is 30.6 Å². The van der Waals surface area contributed by atoms with Gasteiger partial charge in [-0.05, 0) is 61.9 Å². The lowest BCUT2D eigenvalue weighted by molar-refractivity contribution is -0.137. The Bertz CT molecular complexity index is 1400. The van der Waals surface area contributed by atoms with Gasteiger partial charge in [0.2, 0.25) is 5.95 Å². The number of hydrogen-bond donors (Lipinski definition) is 2. The highest BCUT2D eigenvalue weighted by Crippen LogP contribution is 2.38. The third-order valence-electron chi connectivity index (χ3n) is 6.55. The molecule has 1 aromatic heterocycles. The number of nitrogens with one attached hydrogen (secondary N) is 1. The molecule has 0 unspecified atom stereocenters. The van der Waals surface area contributed by atoms with Gasteiger partial charge in [0.05, 0.1) is 16.2 Å². The number of nitrogens with two attached hydrogens (primary N) is 1. The molecule has 5 rings (SSSR count). The van der Waals surface area contributed by atoms with Gasteiger partial charge in [-0.15, -0.1) is 0 Å². The SMILES string of the molecule is CN1CCN(c2nc(N)nc3c2CCc2cc(NS(=O)(=O)c4ccc(C(F)(F)F)cc4)ccc2-3)CC1. The predicted molar refractivity (Wildman–Crippen MR) is 131 cm³/mol. The number of benzene rings is 2. The molecule has 8 nitrogen and oxygen atoms in total. The summed E-state index contributed by atoms with van der Waals surface area (Å²) in [4.78, 5) is 13.3. The summed E-state index contributed by atoms with van der Waals surface area (Å²) >= 11 is 0. The molecule has 0 radical (unpaired) electrons. The number of sulfonamides is 1. The van der Waals surface area contributed by atoms with Gasteiger partial charge in [-0.3, -0.25) is 4.72 Å². The van der Waals surface area contributed by atoms with Crippen LogP contribution in [0.5, 0.6) is 0 Å². The van der Waals surface area contributed by atoms with Crippen molar-refractivity contribution in [3.8, 4) is 11.3 Å². The maximum absolute atomic E-state index is 12.8. The Morgan fingerprint density at radius 2 is 1.67 bits per heavy atom. The molecule has 1 saturated heterocycles. The van der Waals surface area contributed by atoms with Gasteiger partial charge in [0.25, 0.3) is 10.0 Å². The fourth-order valence-electron chi connectivity index (χ4n) is 4.61. The third kappa shape index (κ3) is 4.70. The second-order valence-electron chi connectivity index (χ2n) is 9.02. The summed E-state index contributed by atoms with van der Waals surface area (Å²) in [6.45, 7) is 3.54. The molecular formula is C24H25F3N6O2S. The molecule has 3 aromatic rings. The summed E-state index contributed by atoms with van der Waals surface area (Å²) in [5, 5.41) is 0. The van der Waals surface area contributed by atoms with Crippen molar-refractivity contribution in [1.29, 1.82) is 0 Å². The predicted octanol–water partition coefficient (Wildman–Crippen LogP) is 3.40. The van der Waals surface area contributed by atoms with Gasteiger partial charge in [-0.2, -0.15) is 18.2 Å². The monoisotopic (exact) mass is 518 g/mol. The molecule has 0 saturated carbocycles. The standard InChI is InChI=1S/C24H25F3N6O2S/c1-32-10-12-33(13-11-32)22-20-8-2-15-14-17(5-9-19(15)21(20)29-23(28)30-22)31-36(34,35)18-6-3-16(4-7-18)24(25,26)27/h3-7,9,14,31H,2,8,10-13H2,1H3,(H2,28,29,30). The number of nitrogens with zero attached hydrogens (tertiary/aromatic N) is 4. The largest absolute Gasteiger partial charge is 0.416 e. The number of aromatic nitrogens is 2. The van der Waals surface area contributed by atoms with E-state index in [4.69, 9.17) is 5.73 Å². The van der Waals surface area contributed by atoms with Gasteiger partial charge in [-0.1, -0.05) is 6.07 Å². The van der Waals surface area contributed by atoms with Gasteiger partial charge < -0.3 is 15.5 Å². The molecule has 12 heteroatoms. The molecule has 2 aliphatic rings. The smallest absolute Gasteiger partial charge is 0.368 e. The quantitative estimate of drug-likeness (QED) is 0.546. The number of rotatable bonds is 4. The number of halogens is 3. The second kappa shape index (κ2) is 8.93. The normalized spacial score (nSPS) is 16.4. The first-order valence-corrected chi connectivity index (χ1v) is 12.9. The lowest BCUT2D eigenvalue weighted by atomic mass is 9.88. The van der Waals surface area contributed by atoms with Crippen molar-refractivity contribution in [2.24, 2.45) is 0 Å². The molecule has 0 atom stereocenters. The van der Waals surface area contributed by atoms with E-state index in [-0.39, 0.29) is 10.8 Å². The van der Waals surface area contributed by atoms with Crippen LogP contribution in [0.25, 0.3) is 11.3 Å². The highest BCUT2D eigenvalue weighted by Gasteiger charge is 2.31. The first-order chi connectivity index (χ1) is 17.0. The van der Waals surface area contributed by atoms with Gasteiger partial charge >= 0.3 is 6.18 Å². The van der Waals surface area contributed by atoms with E-state index >= 15 is 0 Å². The number of likely N-dealkylation sites (N-methyl/N-ethyl adjacent to an activating group) is 1. The van der Waals surface area contributed by atoms with Crippen molar-refractivity contribution in [3.05, 3.63) is 59.2 Å². The van der Waals surface area contributed by atoms with E-state index < -0.39 is 21.8 Å². The summed E-state index contributed by atoms with van der Waals surface area (Å²) in [5.74, 6) is 1.03. The molecule has 1 fully saturated rings. The van der Waals surface area contributed by atoms with Crippen LogP contribution < -0.4 is 15.4 Å². The van der Waals surface area contributed by atoms with Crippen LogP contribution in [-0.2, 0) is 29.0 Å². The molecule has 2 aromatic carbocycles. The third-order valence-corrected chi connectivity index (χ3v) is 7.95. The number of alkyl halides is 3. The van der Waals surface area contributed by atoms with E-state index in [1.54, 1.807) is 18.2 Å². The average molecular weight is 519 g/mol. The minimum atomic E-state index is -4.54. The van der Waals surface area contributed by atoms with Gasteiger partial charge in [0, 0.05) is 43.0 Å². The van der Waals surface area contributed by atoms with Crippen molar-refractivity contribution in [2.45, 2.75) is 23.9 Å². The summed E-state index contributed by atoms with van der Waals surface area (Å²) < 4.78 is 66.5. The van der Waals surface area contributed by atoms with Gasteiger partial charge in [0.15, 0.2) is 0 Å². The zero-order chi connectivity index (χ0) is 25.7. The zero-order valence-electron chi connectivity index (χ0n) is 19.5. The molecule has 36 heavy (non-hydrogen) atoms. The average Bonchev–Trinajstić information content (AvgIpc) is 2.83. The van der Waals surface area contributed by atoms with Crippen LogP contribution in [-0.4, -0.2) is 56.5 Å². The van der Waals surface area contributed by atoms with Crippen LogP contribution in [0, 0.1) is 0 Å². The molecule has 0 amide bonds. The first-order valence-electron chi connectivity index (χ1n) is 11.4. The minimum Gasteiger partial charge on any atom is -0.368 e. The fraction of sp³-hybridized carbons (Fsp3) is 0.333. The Hall–Kier alpha value is -3.38. The van der Waals surface area contributed by atoms with Crippen molar-refractivity contribution >= 4 is 27.5 Å². The molecule has 3 N–H and O–H groups in total. The van der Waals surface area contributed by atoms with Gasteiger partial charge in [0.1, 0.15) is 5.82 Å².